The van der Waals surface area contributed by atoms with E-state index >= 15 is 18.4 Å². The highest BCUT2D eigenvalue weighted by Crippen LogP contribution is 2.57. The van der Waals surface area contributed by atoms with Gasteiger partial charge in [0.05, 0.1) is 74.6 Å². The second-order valence-corrected chi connectivity index (χ2v) is 43.5. The minimum Gasteiger partial charge on any atom is -0.337 e. The van der Waals surface area contributed by atoms with Crippen LogP contribution < -0.4 is 0 Å². The van der Waals surface area contributed by atoms with E-state index in [1.807, 2.05) is 53.0 Å². The van der Waals surface area contributed by atoms with Crippen LogP contribution in [-0.2, 0) is 25.9 Å². The zero-order valence-electron chi connectivity index (χ0n) is 80.8. The lowest BCUT2D eigenvalue weighted by atomic mass is 9.93. The van der Waals surface area contributed by atoms with Crippen LogP contribution in [0.15, 0.2) is 58.8 Å². The molecule has 0 N–H and O–H groups in total. The number of benzene rings is 3. The molecule has 0 aliphatic heterocycles. The Labute approximate surface area is 804 Å². The fraction of sp³-hybridized carbons (Fsp3) is 0.614. The summed E-state index contributed by atoms with van der Waals surface area (Å²) in [6, 6.07) is 15.8. The Bertz CT molecular complexity index is 5660. The number of aromatic nitrogens is 4. The van der Waals surface area contributed by atoms with E-state index in [1.165, 1.54) is 364 Å². The molecule has 7 aromatic heterocycles. The van der Waals surface area contributed by atoms with Gasteiger partial charge in [-0.05, 0) is 110 Å². The molecule has 17 heteroatoms. The summed E-state index contributed by atoms with van der Waals surface area (Å²) < 4.78 is 55.2. The lowest BCUT2D eigenvalue weighted by Gasteiger charge is -2.22. The minimum absolute atomic E-state index is 0.0501. The SMILES string of the molecule is [C-]#[N+]C(C#N)=C1/C(=C/c2sc3c(sc4c5c6nsnc6c6c7sc8c(CCCCCCCCCCC)c(/C=C9\C(=O)c%10cc(F)c(F)cc%10C9=C(C#N)C#N)sc8c7n(CC(CCCCCCCCCC)CCCCCCCCCCCC)c6c5n(CC(CCCCCCCCCC)CCCCCCCCCCCC)c34)c2CCCCCCCCCCC)C(=O)c2ccccc21. The molecule has 0 saturated heterocycles. The molecule has 3 aromatic carbocycles. The van der Waals surface area contributed by atoms with Crippen LogP contribution in [0.25, 0.3) is 100 Å². The molecule has 10 aromatic rings. The van der Waals surface area contributed by atoms with Crippen LogP contribution in [0.4, 0.5) is 8.78 Å². The van der Waals surface area contributed by atoms with E-state index in [9.17, 15) is 15.8 Å². The summed E-state index contributed by atoms with van der Waals surface area (Å²) >= 11 is 8.59. The molecule has 0 amide bonds. The van der Waals surface area contributed by atoms with Gasteiger partial charge in [0.15, 0.2) is 23.2 Å². The molecule has 2 aliphatic rings. The first kappa shape index (κ1) is 102. The molecule has 2 unspecified atom stereocenters. The third-order valence-corrected chi connectivity index (χ3v) is 34.4. The summed E-state index contributed by atoms with van der Waals surface area (Å²) in [5.41, 5.74) is 10.9. The predicted molar refractivity (Wildman–Crippen MR) is 561 cm³/mol. The number of carbonyl (C=O) groups is 2. The van der Waals surface area contributed by atoms with Crippen LogP contribution in [0.5, 0.6) is 0 Å². The lowest BCUT2D eigenvalue weighted by Crippen LogP contribution is -2.14. The summed E-state index contributed by atoms with van der Waals surface area (Å²) in [5, 5.41) is 34.6. The molecule has 12 rings (SSSR count). The Balaban J connectivity index is 1.13. The third-order valence-electron chi connectivity index (χ3n) is 28.8. The molecule has 704 valence electrons. The van der Waals surface area contributed by atoms with Gasteiger partial charge < -0.3 is 9.13 Å². The number of nitrogens with zero attached hydrogens (tertiary/aromatic N) is 8. The fourth-order valence-electron chi connectivity index (χ4n) is 21.4. The smallest absolute Gasteiger partial charge is 0.270 e. The van der Waals surface area contributed by atoms with Crippen molar-refractivity contribution in [1.29, 1.82) is 15.8 Å². The zero-order valence-corrected chi connectivity index (χ0v) is 84.9. The number of hydrogen-bond donors (Lipinski definition) is 0. The van der Waals surface area contributed by atoms with E-state index in [-0.39, 0.29) is 39.3 Å². The lowest BCUT2D eigenvalue weighted by molar-refractivity contribution is 0.103. The van der Waals surface area contributed by atoms with Crippen molar-refractivity contribution in [3.8, 4) is 18.2 Å². The van der Waals surface area contributed by atoms with Crippen molar-refractivity contribution >= 4 is 164 Å². The number of fused-ring (bicyclic) bond motifs is 16. The highest BCUT2D eigenvalue weighted by Gasteiger charge is 2.39. The summed E-state index contributed by atoms with van der Waals surface area (Å²) in [7, 11) is 0. The predicted octanol–water partition coefficient (Wildman–Crippen LogP) is 38.3. The number of nitriles is 3. The first-order valence-electron chi connectivity index (χ1n) is 52.7. The van der Waals surface area contributed by atoms with E-state index in [2.05, 4.69) is 79.8 Å². The molecular weight excluding hydrogens is 1710 g/mol. The number of unbranched alkanes of at least 4 members (excludes halogenated alkanes) is 48. The highest BCUT2D eigenvalue weighted by atomic mass is 32.1. The molecule has 0 radical (unpaired) electrons. The quantitative estimate of drug-likeness (QED) is 0.0160. The number of aryl methyl sites for hydroxylation is 2. The Morgan fingerprint density at radius 3 is 1.03 bits per heavy atom. The van der Waals surface area contributed by atoms with Crippen molar-refractivity contribution in [3.63, 3.8) is 0 Å². The van der Waals surface area contributed by atoms with Crippen molar-refractivity contribution in [2.75, 3.05) is 0 Å². The van der Waals surface area contributed by atoms with E-state index in [0.717, 1.165) is 152 Å². The van der Waals surface area contributed by atoms with Crippen LogP contribution in [0.1, 0.15) is 467 Å². The molecule has 2 aliphatic carbocycles. The van der Waals surface area contributed by atoms with E-state index < -0.39 is 17.4 Å². The average Bonchev–Trinajstić information content (AvgIpc) is 1.50. The summed E-state index contributed by atoms with van der Waals surface area (Å²) in [6.45, 7) is 23.8. The van der Waals surface area contributed by atoms with Crippen LogP contribution in [0.3, 0.4) is 0 Å². The molecule has 10 nitrogen and oxygen atoms in total. The molecular formula is C114H152F2N8O2S5. The van der Waals surface area contributed by atoms with Gasteiger partial charge in [0.2, 0.25) is 0 Å². The van der Waals surface area contributed by atoms with Gasteiger partial charge in [0.1, 0.15) is 28.7 Å². The second-order valence-electron chi connectivity index (χ2n) is 38.8. The van der Waals surface area contributed by atoms with Crippen molar-refractivity contribution in [2.24, 2.45) is 11.8 Å². The molecule has 0 saturated carbocycles. The average molecular weight is 1860 g/mol. The van der Waals surface area contributed by atoms with Crippen LogP contribution in [0, 0.1) is 64.0 Å². The van der Waals surface area contributed by atoms with Gasteiger partial charge in [-0.15, -0.1) is 45.3 Å². The van der Waals surface area contributed by atoms with E-state index in [0.29, 0.717) is 34.1 Å². The maximum absolute atomic E-state index is 15.6. The zero-order chi connectivity index (χ0) is 92.1. The Morgan fingerprint density at radius 2 is 0.695 bits per heavy atom. The standard InChI is InChI=1S/C114H152F2N8O2S5/c1-8-14-20-26-32-38-42-46-52-58-66-81(64-56-50-44-36-30-24-18-12-5)79-123-103-99(111-105(123)113-109(129-111)86(70-60-54-48-40-34-28-22-16-10-3)95(127-113)74-90-97(83(76-117)77-118)88-72-92(115)93(116)73-89(88)108(90)126)101-102(122-131-121-101)100-104(103)124(80-82(65-57-51-45-37-31-25-19-13-6)67-59-53-47-43-39-33-27-21-15-9-2)106-112(100)130-110-87(71-61-55-49-41-35-29-23-17-11-4)96(128-114(106)110)75-91-98(94(78-119)120-7)84-68-62-63-69-85(84)107(91)125/h62-63,68-69,72-75,81-82H,8-61,64-67,70-71,79-80H2,1-6H3/b90-74-,91-75-,98-94?. The second kappa shape index (κ2) is 54.9. The van der Waals surface area contributed by atoms with Gasteiger partial charge in [0, 0.05) is 67.0 Å². The van der Waals surface area contributed by atoms with Crippen molar-refractivity contribution in [2.45, 2.75) is 440 Å². The first-order valence-corrected chi connectivity index (χ1v) is 56.7. The Hall–Kier alpha value is -7.48. The van der Waals surface area contributed by atoms with Gasteiger partial charge in [-0.3, -0.25) is 9.59 Å². The third kappa shape index (κ3) is 26.4. The largest absolute Gasteiger partial charge is 0.337 e. The van der Waals surface area contributed by atoms with Gasteiger partial charge in [-0.25, -0.2) is 18.9 Å². The Kier molecular flexibility index (Phi) is 42.9. The summed E-state index contributed by atoms with van der Waals surface area (Å²) in [5.74, 6) is -2.28. The number of thiophene rings is 4. The topological polar surface area (TPSA) is 146 Å². The fourth-order valence-corrected chi connectivity index (χ4v) is 27.9. The van der Waals surface area contributed by atoms with Crippen LogP contribution in [-0.4, -0.2) is 29.4 Å². The molecule has 2 atom stereocenters. The Morgan fingerprint density at radius 1 is 0.382 bits per heavy atom. The number of Topliss-reactive ketones (excluding diaryl/α,β-unsaturated/α-hetero) is 2. The number of ketones is 2. The molecule has 131 heavy (non-hydrogen) atoms. The monoisotopic (exact) mass is 1860 g/mol. The maximum atomic E-state index is 15.6. The van der Waals surface area contributed by atoms with Crippen molar-refractivity contribution in [3.05, 3.63) is 125 Å². The van der Waals surface area contributed by atoms with Crippen molar-refractivity contribution in [1.82, 2.24) is 17.9 Å². The van der Waals surface area contributed by atoms with Crippen LogP contribution >= 0.6 is 57.1 Å². The van der Waals surface area contributed by atoms with E-state index in [4.69, 9.17) is 15.3 Å². The summed E-state index contributed by atoms with van der Waals surface area (Å²) in [6.07, 6.45) is 76.7. The number of hydrogen-bond acceptors (Lipinski definition) is 12. The summed E-state index contributed by atoms with van der Waals surface area (Å²) in [4.78, 5) is 36.2. The number of rotatable bonds is 66. The maximum Gasteiger partial charge on any atom is 0.270 e. The van der Waals surface area contributed by atoms with Crippen molar-refractivity contribution < 1.29 is 18.4 Å². The first-order chi connectivity index (χ1) is 64.4. The highest BCUT2D eigenvalue weighted by molar-refractivity contribution is 7.34. The minimum atomic E-state index is -1.15. The number of carbonyl (C=O) groups excluding carboxylic acids is 2. The number of halogens is 2. The molecule has 7 heterocycles. The van der Waals surface area contributed by atoms with Crippen LogP contribution in [0.2, 0.25) is 0 Å². The molecule has 0 fully saturated rings. The molecule has 0 bridgehead atoms. The van der Waals surface area contributed by atoms with E-state index in [1.54, 1.807) is 22.7 Å². The van der Waals surface area contributed by atoms with Gasteiger partial charge in [-0.1, -0.05) is 400 Å². The van der Waals surface area contributed by atoms with Gasteiger partial charge >= 0.3 is 0 Å². The van der Waals surface area contributed by atoms with Gasteiger partial charge in [0.25, 0.3) is 5.70 Å². The van der Waals surface area contributed by atoms with Gasteiger partial charge in [-0.2, -0.15) is 19.3 Å². The molecule has 0 spiro atoms. The number of allylic oxidation sites excluding steroid dienone is 6. The normalized spacial score (nSPS) is 14.4.